The number of hydrogen-bond donors (Lipinski definition) is 1. The van der Waals surface area contributed by atoms with E-state index in [-0.39, 0.29) is 11.8 Å². The van der Waals surface area contributed by atoms with E-state index in [0.29, 0.717) is 31.1 Å². The van der Waals surface area contributed by atoms with E-state index in [1.54, 1.807) is 7.11 Å². The topological polar surface area (TPSA) is 65.0 Å². The second-order valence-electron chi connectivity index (χ2n) is 12.0. The molecule has 4 aromatic carbocycles. The van der Waals surface area contributed by atoms with Crippen molar-refractivity contribution in [3.8, 4) is 11.5 Å². The highest BCUT2D eigenvalue weighted by Crippen LogP contribution is 2.39. The van der Waals surface area contributed by atoms with E-state index in [2.05, 4.69) is 82.5 Å². The molecular weight excluding hydrogens is 574 g/mol. The summed E-state index contributed by atoms with van der Waals surface area (Å²) in [5, 5.41) is 4.34. The van der Waals surface area contributed by atoms with Crippen LogP contribution in [0.1, 0.15) is 40.2 Å². The molecule has 238 valence electrons. The third-order valence-corrected chi connectivity index (χ3v) is 8.74. The highest BCUT2D eigenvalue weighted by atomic mass is 16.5. The van der Waals surface area contributed by atoms with Gasteiger partial charge in [0.1, 0.15) is 6.61 Å². The van der Waals surface area contributed by atoms with E-state index >= 15 is 0 Å². The summed E-state index contributed by atoms with van der Waals surface area (Å²) in [5.74, 6) is 1.15. The molecule has 1 N–H and O–H groups in total. The van der Waals surface area contributed by atoms with Gasteiger partial charge in [-0.25, -0.2) is 0 Å². The number of aryl methyl sites for hydroxylation is 1. The molecule has 1 aliphatic rings. The fourth-order valence-electron chi connectivity index (χ4n) is 6.17. The third-order valence-electron chi connectivity index (χ3n) is 8.74. The molecule has 7 nitrogen and oxygen atoms in total. The monoisotopic (exact) mass is 617 g/mol. The Bertz CT molecular complexity index is 1730. The van der Waals surface area contributed by atoms with Crippen molar-refractivity contribution in [1.82, 2.24) is 14.8 Å². The average Bonchev–Trinajstić information content (AvgIpc) is 3.46. The first-order valence-corrected chi connectivity index (χ1v) is 16.1. The molecule has 1 saturated heterocycles. The molecule has 1 amide bonds. The van der Waals surface area contributed by atoms with Crippen LogP contribution in [0.4, 0.5) is 0 Å². The minimum absolute atomic E-state index is 0.0250. The Morgan fingerprint density at radius 3 is 2.43 bits per heavy atom. The molecule has 5 aromatic rings. The Morgan fingerprint density at radius 1 is 0.891 bits per heavy atom. The molecule has 1 aliphatic heterocycles. The number of nitrogens with zero attached hydrogens (tertiary/aromatic N) is 2. The van der Waals surface area contributed by atoms with Crippen LogP contribution < -0.4 is 14.8 Å². The lowest BCUT2D eigenvalue weighted by molar-refractivity contribution is -0.121. The number of carbonyl (C=O) groups excluding carboxylic acids is 1. The number of ether oxygens (including phenoxy) is 3. The zero-order valence-corrected chi connectivity index (χ0v) is 26.8. The summed E-state index contributed by atoms with van der Waals surface area (Å²) >= 11 is 0. The molecule has 1 atom stereocenters. The first-order valence-electron chi connectivity index (χ1n) is 16.1. The van der Waals surface area contributed by atoms with Gasteiger partial charge in [0.25, 0.3) is 0 Å². The van der Waals surface area contributed by atoms with E-state index in [4.69, 9.17) is 14.2 Å². The Morgan fingerprint density at radius 2 is 1.65 bits per heavy atom. The molecule has 0 saturated carbocycles. The maximum atomic E-state index is 13.6. The maximum absolute atomic E-state index is 13.6. The summed E-state index contributed by atoms with van der Waals surface area (Å²) in [6.07, 6.45) is 2.54. The largest absolute Gasteiger partial charge is 0.493 e. The lowest BCUT2D eigenvalue weighted by Gasteiger charge is -2.26. The number of hydrogen-bond acceptors (Lipinski definition) is 5. The molecular formula is C39H43N3O4. The molecule has 0 radical (unpaired) electrons. The van der Waals surface area contributed by atoms with E-state index in [9.17, 15) is 4.79 Å². The Balaban J connectivity index is 1.30. The van der Waals surface area contributed by atoms with Crippen molar-refractivity contribution in [1.29, 1.82) is 0 Å². The van der Waals surface area contributed by atoms with Gasteiger partial charge in [0, 0.05) is 62.2 Å². The van der Waals surface area contributed by atoms with Gasteiger partial charge in [0.15, 0.2) is 11.5 Å². The Kier molecular flexibility index (Phi) is 10.3. The second-order valence-corrected chi connectivity index (χ2v) is 12.0. The summed E-state index contributed by atoms with van der Waals surface area (Å²) < 4.78 is 19.8. The number of nitrogens with one attached hydrogen (secondary N) is 1. The number of methoxy groups -OCH3 is 1. The molecule has 0 spiro atoms. The fraction of sp³-hybridized carbons (Fsp3) is 0.308. The van der Waals surface area contributed by atoms with Crippen molar-refractivity contribution in [3.63, 3.8) is 0 Å². The van der Waals surface area contributed by atoms with Crippen LogP contribution >= 0.6 is 0 Å². The zero-order valence-electron chi connectivity index (χ0n) is 26.8. The summed E-state index contributed by atoms with van der Waals surface area (Å²) in [7, 11) is 1.66. The molecule has 6 rings (SSSR count). The van der Waals surface area contributed by atoms with Crippen molar-refractivity contribution in [2.24, 2.45) is 0 Å². The number of aromatic nitrogens is 1. The van der Waals surface area contributed by atoms with Crippen LogP contribution in [0.5, 0.6) is 11.5 Å². The molecule has 7 heteroatoms. The lowest BCUT2D eigenvalue weighted by Crippen LogP contribution is -2.41. The van der Waals surface area contributed by atoms with Crippen LogP contribution in [-0.4, -0.2) is 61.9 Å². The molecule has 0 bridgehead atoms. The van der Waals surface area contributed by atoms with Crippen LogP contribution in [0.15, 0.2) is 103 Å². The van der Waals surface area contributed by atoms with E-state index < -0.39 is 0 Å². The van der Waals surface area contributed by atoms with Crippen molar-refractivity contribution in [2.75, 3.05) is 46.5 Å². The highest BCUT2D eigenvalue weighted by molar-refractivity contribution is 5.87. The number of fused-ring (bicyclic) bond motifs is 1. The smallest absolute Gasteiger partial charge is 0.220 e. The minimum atomic E-state index is -0.190. The Labute approximate surface area is 271 Å². The zero-order chi connectivity index (χ0) is 31.7. The first-order chi connectivity index (χ1) is 22.6. The summed E-state index contributed by atoms with van der Waals surface area (Å²) in [6, 6.07) is 33.3. The van der Waals surface area contributed by atoms with Crippen molar-refractivity contribution in [3.05, 3.63) is 131 Å². The first kappa shape index (κ1) is 31.4. The summed E-state index contributed by atoms with van der Waals surface area (Å²) in [6.45, 7) is 8.01. The van der Waals surface area contributed by atoms with Gasteiger partial charge in [-0.2, -0.15) is 0 Å². The number of benzene rings is 4. The lowest BCUT2D eigenvalue weighted by atomic mass is 9.87. The minimum Gasteiger partial charge on any atom is -0.493 e. The van der Waals surface area contributed by atoms with E-state index in [0.717, 1.165) is 67.0 Å². The third kappa shape index (κ3) is 7.79. The van der Waals surface area contributed by atoms with Gasteiger partial charge in [-0.1, -0.05) is 84.4 Å². The number of carbonyl (C=O) groups is 1. The van der Waals surface area contributed by atoms with Gasteiger partial charge in [-0.3, -0.25) is 9.69 Å². The van der Waals surface area contributed by atoms with Gasteiger partial charge in [-0.05, 0) is 47.4 Å². The van der Waals surface area contributed by atoms with Crippen molar-refractivity contribution >= 4 is 16.8 Å². The number of rotatable bonds is 13. The molecule has 1 aromatic heterocycles. The standard InChI is InChI=1S/C39H43N3O4/c1-29-12-14-30(15-13-29)26-42-27-35(33-10-6-7-11-36(33)42)34(25-39(43)40-18-19-41-20-22-45-23-21-41)32-16-17-37(38(24-32)44-2)46-28-31-8-4-3-5-9-31/h3-17,24,27,34H,18-23,25-26,28H2,1-2H3,(H,40,43). The van der Waals surface area contributed by atoms with Crippen molar-refractivity contribution in [2.45, 2.75) is 32.4 Å². The summed E-state index contributed by atoms with van der Waals surface area (Å²) in [5.41, 5.74) is 6.83. The van der Waals surface area contributed by atoms with Crippen LogP contribution in [0.25, 0.3) is 10.9 Å². The maximum Gasteiger partial charge on any atom is 0.220 e. The fourth-order valence-corrected chi connectivity index (χ4v) is 6.17. The van der Waals surface area contributed by atoms with Gasteiger partial charge < -0.3 is 24.1 Å². The molecule has 1 fully saturated rings. The number of amides is 1. The average molecular weight is 618 g/mol. The predicted octanol–water partition coefficient (Wildman–Crippen LogP) is 6.56. The van der Waals surface area contributed by atoms with Gasteiger partial charge in [0.05, 0.1) is 20.3 Å². The number of para-hydroxylation sites is 1. The predicted molar refractivity (Wildman–Crippen MR) is 183 cm³/mol. The normalized spacial score (nSPS) is 14.2. The molecule has 1 unspecified atom stereocenters. The number of morpholine rings is 1. The molecule has 0 aliphatic carbocycles. The van der Waals surface area contributed by atoms with Crippen LogP contribution in [0.3, 0.4) is 0 Å². The Hall–Kier alpha value is -4.59. The highest BCUT2D eigenvalue weighted by Gasteiger charge is 2.24. The second kappa shape index (κ2) is 15.1. The van der Waals surface area contributed by atoms with Crippen molar-refractivity contribution < 1.29 is 19.0 Å². The van der Waals surface area contributed by atoms with E-state index in [1.165, 1.54) is 11.1 Å². The van der Waals surface area contributed by atoms with Crippen LogP contribution in [-0.2, 0) is 22.7 Å². The van der Waals surface area contributed by atoms with Gasteiger partial charge >= 0.3 is 0 Å². The van der Waals surface area contributed by atoms with E-state index in [1.807, 2.05) is 42.5 Å². The van der Waals surface area contributed by atoms with Gasteiger partial charge in [0.2, 0.25) is 5.91 Å². The molecule has 2 heterocycles. The van der Waals surface area contributed by atoms with Gasteiger partial charge in [-0.15, -0.1) is 0 Å². The molecule has 46 heavy (non-hydrogen) atoms. The quantitative estimate of drug-likeness (QED) is 0.162. The summed E-state index contributed by atoms with van der Waals surface area (Å²) in [4.78, 5) is 15.9. The van der Waals surface area contributed by atoms with Crippen LogP contribution in [0.2, 0.25) is 0 Å². The SMILES string of the molecule is COc1cc(C(CC(=O)NCCN2CCOCC2)c2cn(Cc3ccc(C)cc3)c3ccccc23)ccc1OCc1ccccc1. The van der Waals surface area contributed by atoms with Crippen LogP contribution in [0, 0.1) is 6.92 Å².